The van der Waals surface area contributed by atoms with Crippen molar-refractivity contribution >= 4 is 10.0 Å². The van der Waals surface area contributed by atoms with Crippen molar-refractivity contribution in [3.8, 4) is 0 Å². The summed E-state index contributed by atoms with van der Waals surface area (Å²) in [6, 6.07) is 0. The van der Waals surface area contributed by atoms with Gasteiger partial charge in [0.2, 0.25) is 10.0 Å². The third-order valence-electron chi connectivity index (χ3n) is 1.09. The molecule has 0 aromatic carbocycles. The van der Waals surface area contributed by atoms with Gasteiger partial charge in [-0.2, -0.15) is 0 Å². The van der Waals surface area contributed by atoms with Crippen LogP contribution in [0.3, 0.4) is 0 Å². The molecule has 0 radical (unpaired) electrons. The van der Waals surface area contributed by atoms with Gasteiger partial charge in [0.05, 0.1) is 12.0 Å². The van der Waals surface area contributed by atoms with Crippen molar-refractivity contribution in [3.63, 3.8) is 0 Å². The summed E-state index contributed by atoms with van der Waals surface area (Å²) in [5.41, 5.74) is -0.0278. The molecule has 0 unspecified atom stereocenters. The maximum absolute atomic E-state index is 12.8. The molecule has 0 aromatic rings. The molecular formula is C7H12FNO2S. The second-order valence-corrected chi connectivity index (χ2v) is 3.96. The highest BCUT2D eigenvalue weighted by atomic mass is 32.2. The van der Waals surface area contributed by atoms with Gasteiger partial charge in [0, 0.05) is 0 Å². The van der Waals surface area contributed by atoms with Crippen LogP contribution in [0.2, 0.25) is 0 Å². The van der Waals surface area contributed by atoms with Crippen molar-refractivity contribution in [2.45, 2.75) is 13.8 Å². The number of hydrogen-bond acceptors (Lipinski definition) is 2. The monoisotopic (exact) mass is 193 g/mol. The predicted octanol–water partition coefficient (Wildman–Crippen LogP) is 1.31. The van der Waals surface area contributed by atoms with Crippen LogP contribution in [0.4, 0.5) is 4.39 Å². The van der Waals surface area contributed by atoms with E-state index in [1.54, 1.807) is 6.92 Å². The molecule has 1 N–H and O–H groups in total. The fraction of sp³-hybridized carbons (Fsp3) is 0.429. The van der Waals surface area contributed by atoms with E-state index in [1.165, 1.54) is 19.1 Å². The summed E-state index contributed by atoms with van der Waals surface area (Å²) >= 11 is 0. The van der Waals surface area contributed by atoms with E-state index in [4.69, 9.17) is 0 Å². The summed E-state index contributed by atoms with van der Waals surface area (Å²) in [6.07, 6.45) is 3.52. The van der Waals surface area contributed by atoms with Crippen LogP contribution < -0.4 is 4.72 Å². The molecule has 5 heteroatoms. The summed E-state index contributed by atoms with van der Waals surface area (Å²) in [4.78, 5) is 0. The first-order valence-electron chi connectivity index (χ1n) is 3.37. The Labute approximate surface area is 72.0 Å². The zero-order valence-electron chi connectivity index (χ0n) is 7.26. The molecule has 0 saturated heterocycles. The van der Waals surface area contributed by atoms with E-state index < -0.39 is 15.9 Å². The molecule has 0 aliphatic heterocycles. The van der Waals surface area contributed by atoms with E-state index >= 15 is 0 Å². The molecule has 0 aromatic heterocycles. The molecule has 0 bridgehead atoms. The van der Waals surface area contributed by atoms with Gasteiger partial charge in [-0.1, -0.05) is 6.08 Å². The molecule has 0 aliphatic rings. The lowest BCUT2D eigenvalue weighted by Gasteiger charge is -2.05. The van der Waals surface area contributed by atoms with Crippen molar-refractivity contribution in [2.75, 3.05) is 6.26 Å². The summed E-state index contributed by atoms with van der Waals surface area (Å²) in [5.74, 6) is -0.581. The molecule has 3 nitrogen and oxygen atoms in total. The van der Waals surface area contributed by atoms with E-state index in [0.29, 0.717) is 0 Å². The van der Waals surface area contributed by atoms with E-state index in [2.05, 4.69) is 0 Å². The predicted molar refractivity (Wildman–Crippen MR) is 46.6 cm³/mol. The van der Waals surface area contributed by atoms with Crippen LogP contribution in [0, 0.1) is 0 Å². The Morgan fingerprint density at radius 3 is 2.08 bits per heavy atom. The largest absolute Gasteiger partial charge is 0.281 e. The van der Waals surface area contributed by atoms with E-state index in [1.807, 2.05) is 4.72 Å². The number of rotatable bonds is 3. The lowest BCUT2D eigenvalue weighted by molar-refractivity contribution is 0.587. The Morgan fingerprint density at radius 1 is 1.33 bits per heavy atom. The van der Waals surface area contributed by atoms with Crippen molar-refractivity contribution < 1.29 is 12.8 Å². The topological polar surface area (TPSA) is 46.2 Å². The first-order chi connectivity index (χ1) is 5.40. The molecule has 0 heterocycles. The van der Waals surface area contributed by atoms with Crippen molar-refractivity contribution in [1.82, 2.24) is 4.72 Å². The molecule has 70 valence electrons. The van der Waals surface area contributed by atoms with Crippen LogP contribution in [0.5, 0.6) is 0 Å². The first kappa shape index (κ1) is 11.2. The van der Waals surface area contributed by atoms with Crippen LogP contribution in [-0.2, 0) is 10.0 Å². The van der Waals surface area contributed by atoms with Gasteiger partial charge < -0.3 is 0 Å². The number of sulfonamides is 1. The van der Waals surface area contributed by atoms with Gasteiger partial charge in [-0.05, 0) is 19.9 Å². The highest BCUT2D eigenvalue weighted by Crippen LogP contribution is 2.08. The molecule has 0 spiro atoms. The Balaban J connectivity index is 4.65. The summed E-state index contributed by atoms with van der Waals surface area (Å²) < 4.78 is 36.2. The van der Waals surface area contributed by atoms with E-state index in [-0.39, 0.29) is 5.70 Å². The van der Waals surface area contributed by atoms with Crippen molar-refractivity contribution in [1.29, 1.82) is 0 Å². The van der Waals surface area contributed by atoms with Gasteiger partial charge in [0.25, 0.3) is 0 Å². The van der Waals surface area contributed by atoms with Gasteiger partial charge in [-0.25, -0.2) is 12.8 Å². The fourth-order valence-corrected chi connectivity index (χ4v) is 1.22. The second-order valence-electron chi connectivity index (χ2n) is 2.21. The Bertz CT molecular complexity index is 303. The van der Waals surface area contributed by atoms with Gasteiger partial charge >= 0.3 is 0 Å². The smallest absolute Gasteiger partial charge is 0.229 e. The van der Waals surface area contributed by atoms with Crippen LogP contribution in [-0.4, -0.2) is 14.7 Å². The minimum absolute atomic E-state index is 0.0278. The maximum Gasteiger partial charge on any atom is 0.229 e. The minimum atomic E-state index is -3.39. The molecule has 0 aliphatic carbocycles. The number of hydrogen-bond donors (Lipinski definition) is 1. The third-order valence-corrected chi connectivity index (χ3v) is 1.69. The number of halogens is 1. The molecule has 0 atom stereocenters. The number of nitrogens with one attached hydrogen (secondary N) is 1. The van der Waals surface area contributed by atoms with E-state index in [9.17, 15) is 12.8 Å². The average molecular weight is 193 g/mol. The molecule has 0 rings (SSSR count). The minimum Gasteiger partial charge on any atom is -0.281 e. The summed E-state index contributed by atoms with van der Waals surface area (Å²) in [7, 11) is -3.39. The second kappa shape index (κ2) is 4.25. The van der Waals surface area contributed by atoms with Crippen LogP contribution in [0.1, 0.15) is 13.8 Å². The van der Waals surface area contributed by atoms with Crippen molar-refractivity contribution in [3.05, 3.63) is 23.7 Å². The Morgan fingerprint density at radius 2 is 1.83 bits per heavy atom. The fourth-order valence-electron chi connectivity index (χ4n) is 0.601. The van der Waals surface area contributed by atoms with Crippen molar-refractivity contribution in [2.24, 2.45) is 0 Å². The first-order valence-corrected chi connectivity index (χ1v) is 5.26. The molecule has 0 saturated carbocycles. The maximum atomic E-state index is 12.8. The average Bonchev–Trinajstić information content (AvgIpc) is 1.97. The normalized spacial score (nSPS) is 14.7. The summed E-state index contributed by atoms with van der Waals surface area (Å²) in [5, 5.41) is 0. The highest BCUT2D eigenvalue weighted by Gasteiger charge is 2.07. The molecule has 12 heavy (non-hydrogen) atoms. The Kier molecular flexibility index (Phi) is 3.95. The third kappa shape index (κ3) is 4.12. The molecular weight excluding hydrogens is 181 g/mol. The van der Waals surface area contributed by atoms with Gasteiger partial charge in [0.1, 0.15) is 5.83 Å². The molecule has 0 fully saturated rings. The van der Waals surface area contributed by atoms with Crippen LogP contribution in [0.25, 0.3) is 0 Å². The SMILES string of the molecule is CC=C(F)C(=CC)NS(C)(=O)=O. The standard InChI is InChI=1S/C7H12FNO2S/c1-4-6(8)7(5-2)9-12(3,10)11/h4-5,9H,1-3H3. The molecule has 0 amide bonds. The number of allylic oxidation sites excluding steroid dienone is 3. The van der Waals surface area contributed by atoms with Gasteiger partial charge in [-0.3, -0.25) is 4.72 Å². The lowest BCUT2D eigenvalue weighted by atomic mass is 10.3. The van der Waals surface area contributed by atoms with Gasteiger partial charge in [0.15, 0.2) is 0 Å². The zero-order valence-corrected chi connectivity index (χ0v) is 8.07. The lowest BCUT2D eigenvalue weighted by Crippen LogP contribution is -2.21. The van der Waals surface area contributed by atoms with Gasteiger partial charge in [-0.15, -0.1) is 0 Å². The quantitative estimate of drug-likeness (QED) is 0.687. The van der Waals surface area contributed by atoms with Crippen LogP contribution in [0.15, 0.2) is 23.7 Å². The van der Waals surface area contributed by atoms with Crippen LogP contribution >= 0.6 is 0 Å². The highest BCUT2D eigenvalue weighted by molar-refractivity contribution is 7.88. The summed E-state index contributed by atoms with van der Waals surface area (Å²) in [6.45, 7) is 3.04. The zero-order chi connectivity index (χ0) is 9.78. The van der Waals surface area contributed by atoms with E-state index in [0.717, 1.165) is 6.26 Å². The Hall–Kier alpha value is -0.840.